The van der Waals surface area contributed by atoms with E-state index in [0.29, 0.717) is 41.5 Å². The number of ketones is 2. The van der Waals surface area contributed by atoms with Crippen LogP contribution in [-0.2, 0) is 16.6 Å². The maximum absolute atomic E-state index is 13.6. The van der Waals surface area contributed by atoms with Gasteiger partial charge in [-0.25, -0.2) is 4.98 Å². The van der Waals surface area contributed by atoms with Gasteiger partial charge in [0.15, 0.2) is 10.9 Å². The van der Waals surface area contributed by atoms with Gasteiger partial charge in [0.25, 0.3) is 0 Å². The Morgan fingerprint density at radius 2 is 1.91 bits per heavy atom. The zero-order chi connectivity index (χ0) is 23.7. The van der Waals surface area contributed by atoms with Gasteiger partial charge < -0.3 is 4.57 Å². The molecular formula is C29H36N2O2S. The molecule has 4 aliphatic rings. The number of carbonyl (C=O) groups excluding carboxylic acids is 2. The van der Waals surface area contributed by atoms with E-state index in [-0.39, 0.29) is 16.7 Å². The first-order chi connectivity index (χ1) is 16.3. The van der Waals surface area contributed by atoms with Crippen LogP contribution in [0.3, 0.4) is 0 Å². The van der Waals surface area contributed by atoms with Gasteiger partial charge in [0.1, 0.15) is 5.78 Å². The van der Waals surface area contributed by atoms with Crippen molar-refractivity contribution in [3.05, 3.63) is 35.9 Å². The van der Waals surface area contributed by atoms with Gasteiger partial charge in [0.2, 0.25) is 0 Å². The lowest BCUT2D eigenvalue weighted by molar-refractivity contribution is -0.128. The Bertz CT molecular complexity index is 1200. The Morgan fingerprint density at radius 3 is 2.74 bits per heavy atom. The van der Waals surface area contributed by atoms with Gasteiger partial charge in [0, 0.05) is 19.4 Å². The van der Waals surface area contributed by atoms with Gasteiger partial charge >= 0.3 is 0 Å². The van der Waals surface area contributed by atoms with Crippen LogP contribution in [0.2, 0.25) is 0 Å². The van der Waals surface area contributed by atoms with E-state index in [1.165, 1.54) is 24.8 Å². The van der Waals surface area contributed by atoms with Crippen molar-refractivity contribution >= 4 is 34.4 Å². The summed E-state index contributed by atoms with van der Waals surface area (Å²) in [5.74, 6) is 3.49. The van der Waals surface area contributed by atoms with Crippen molar-refractivity contribution in [3.63, 3.8) is 0 Å². The average molecular weight is 477 g/mol. The van der Waals surface area contributed by atoms with E-state index in [2.05, 4.69) is 24.5 Å². The normalized spacial score (nSPS) is 37.1. The fourth-order valence-electron chi connectivity index (χ4n) is 8.58. The Balaban J connectivity index is 1.18. The van der Waals surface area contributed by atoms with Crippen LogP contribution >= 0.6 is 11.8 Å². The summed E-state index contributed by atoms with van der Waals surface area (Å²) in [4.78, 5) is 30.4. The number of hydrogen-bond acceptors (Lipinski definition) is 4. The van der Waals surface area contributed by atoms with E-state index < -0.39 is 0 Å². The summed E-state index contributed by atoms with van der Waals surface area (Å²) < 4.78 is 2.11. The van der Waals surface area contributed by atoms with Crippen molar-refractivity contribution in [2.75, 3.05) is 5.75 Å². The minimum atomic E-state index is 0.132. The van der Waals surface area contributed by atoms with E-state index >= 15 is 0 Å². The molecule has 0 N–H and O–H groups in total. The molecule has 0 bridgehead atoms. The molecule has 6 atom stereocenters. The predicted molar refractivity (Wildman–Crippen MR) is 137 cm³/mol. The highest BCUT2D eigenvalue weighted by atomic mass is 32.2. The molecule has 6 rings (SSSR count). The number of imidazole rings is 1. The molecule has 3 saturated carbocycles. The van der Waals surface area contributed by atoms with Crippen molar-refractivity contribution < 1.29 is 9.59 Å². The number of allylic oxidation sites excluding steroid dienone is 1. The third-order valence-corrected chi connectivity index (χ3v) is 11.5. The minimum Gasteiger partial charge on any atom is -0.322 e. The maximum Gasteiger partial charge on any atom is 0.169 e. The molecule has 180 valence electrons. The second-order valence-corrected chi connectivity index (χ2v) is 12.8. The Labute approximate surface area is 207 Å². The molecule has 6 unspecified atom stereocenters. The van der Waals surface area contributed by atoms with Gasteiger partial charge in [-0.05, 0) is 91.7 Å². The van der Waals surface area contributed by atoms with E-state index in [1.54, 1.807) is 11.8 Å². The van der Waals surface area contributed by atoms with Crippen LogP contribution < -0.4 is 0 Å². The van der Waals surface area contributed by atoms with Gasteiger partial charge in [-0.1, -0.05) is 43.3 Å². The third kappa shape index (κ3) is 3.29. The van der Waals surface area contributed by atoms with Crippen LogP contribution in [0.15, 0.2) is 41.1 Å². The SMILES string of the molecule is Cn1c(SCC(=O)C2CCC3C4CCC5=CC(=O)CCC5(C)C4CCC23C)nc2ccccc21. The number of aryl methyl sites for hydroxylation is 1. The molecule has 1 heterocycles. The number of carbonyl (C=O) groups is 2. The fourth-order valence-corrected chi connectivity index (χ4v) is 9.50. The molecule has 1 aromatic carbocycles. The molecule has 1 aromatic heterocycles. The highest BCUT2D eigenvalue weighted by molar-refractivity contribution is 7.99. The zero-order valence-corrected chi connectivity index (χ0v) is 21.5. The summed E-state index contributed by atoms with van der Waals surface area (Å²) >= 11 is 1.61. The minimum absolute atomic E-state index is 0.132. The van der Waals surface area contributed by atoms with Crippen molar-refractivity contribution in [1.82, 2.24) is 9.55 Å². The number of para-hydroxylation sites is 2. The van der Waals surface area contributed by atoms with Crippen LogP contribution in [0.1, 0.15) is 65.2 Å². The summed E-state index contributed by atoms with van der Waals surface area (Å²) in [7, 11) is 2.04. The van der Waals surface area contributed by atoms with Crippen molar-refractivity contribution in [1.29, 1.82) is 0 Å². The molecule has 0 spiro atoms. The number of aromatic nitrogens is 2. The molecule has 3 fully saturated rings. The van der Waals surface area contributed by atoms with E-state index in [4.69, 9.17) is 4.98 Å². The summed E-state index contributed by atoms with van der Waals surface area (Å²) in [6, 6.07) is 8.17. The van der Waals surface area contributed by atoms with Crippen LogP contribution in [0.25, 0.3) is 11.0 Å². The van der Waals surface area contributed by atoms with E-state index in [0.717, 1.165) is 41.9 Å². The number of nitrogens with zero attached hydrogens (tertiary/aromatic N) is 2. The summed E-state index contributed by atoms with van der Waals surface area (Å²) in [5.41, 5.74) is 3.88. The lowest BCUT2D eigenvalue weighted by Gasteiger charge is -2.58. The van der Waals surface area contributed by atoms with Crippen LogP contribution in [0, 0.1) is 34.5 Å². The molecule has 5 heteroatoms. The highest BCUT2D eigenvalue weighted by Crippen LogP contribution is 2.66. The van der Waals surface area contributed by atoms with E-state index in [1.807, 2.05) is 31.3 Å². The standard InChI is InChI=1S/C29H36N2O2S/c1-28-14-12-19(32)16-18(28)8-9-20-21-10-11-23(29(21,2)15-13-22(20)28)26(33)17-34-27-30-24-6-4-5-7-25(24)31(27)3/h4-7,16,20-23H,8-15,17H2,1-3H3. The molecular weight excluding hydrogens is 440 g/mol. The second-order valence-electron chi connectivity index (χ2n) is 11.8. The first kappa shape index (κ1) is 22.6. The molecule has 0 saturated heterocycles. The summed E-state index contributed by atoms with van der Waals surface area (Å²) in [6.07, 6.45) is 10.6. The smallest absolute Gasteiger partial charge is 0.169 e. The van der Waals surface area contributed by atoms with Crippen molar-refractivity contribution in [2.45, 2.75) is 70.4 Å². The van der Waals surface area contributed by atoms with Gasteiger partial charge in [-0.15, -0.1) is 0 Å². The van der Waals surface area contributed by atoms with Crippen molar-refractivity contribution in [3.8, 4) is 0 Å². The van der Waals surface area contributed by atoms with Gasteiger partial charge in [0.05, 0.1) is 16.8 Å². The Kier molecular flexibility index (Phi) is 5.36. The Morgan fingerprint density at radius 1 is 1.09 bits per heavy atom. The number of thioether (sulfide) groups is 1. The van der Waals surface area contributed by atoms with E-state index in [9.17, 15) is 9.59 Å². The zero-order valence-electron chi connectivity index (χ0n) is 20.7. The molecule has 4 aliphatic carbocycles. The van der Waals surface area contributed by atoms with Crippen molar-refractivity contribution in [2.24, 2.45) is 41.5 Å². The largest absolute Gasteiger partial charge is 0.322 e. The quantitative estimate of drug-likeness (QED) is 0.480. The third-order valence-electron chi connectivity index (χ3n) is 10.4. The number of fused-ring (bicyclic) bond motifs is 6. The summed E-state index contributed by atoms with van der Waals surface area (Å²) in [5, 5.41) is 0.935. The Hall–Kier alpha value is -1.88. The number of benzene rings is 1. The molecule has 34 heavy (non-hydrogen) atoms. The lowest BCUT2D eigenvalue weighted by atomic mass is 9.46. The number of rotatable bonds is 4. The van der Waals surface area contributed by atoms with Gasteiger partial charge in [-0.2, -0.15) is 0 Å². The first-order valence-electron chi connectivity index (χ1n) is 13.1. The first-order valence-corrected chi connectivity index (χ1v) is 14.1. The monoisotopic (exact) mass is 476 g/mol. The summed E-state index contributed by atoms with van der Waals surface area (Å²) in [6.45, 7) is 4.87. The topological polar surface area (TPSA) is 52.0 Å². The highest BCUT2D eigenvalue weighted by Gasteiger charge is 2.59. The number of hydrogen-bond donors (Lipinski definition) is 0. The molecule has 0 amide bonds. The predicted octanol–water partition coefficient (Wildman–Crippen LogP) is 6.38. The molecule has 4 nitrogen and oxygen atoms in total. The molecule has 2 aromatic rings. The molecule has 0 aliphatic heterocycles. The van der Waals surface area contributed by atoms with Crippen LogP contribution in [-0.4, -0.2) is 26.9 Å². The van der Waals surface area contributed by atoms with Crippen LogP contribution in [0.5, 0.6) is 0 Å². The van der Waals surface area contributed by atoms with Crippen LogP contribution in [0.4, 0.5) is 0 Å². The number of Topliss-reactive ketones (excluding diaryl/α,β-unsaturated/α-hetero) is 1. The second kappa shape index (κ2) is 8.08. The molecule has 0 radical (unpaired) electrons. The lowest BCUT2D eigenvalue weighted by Crippen LogP contribution is -2.51. The van der Waals surface area contributed by atoms with Gasteiger partial charge in [-0.3, -0.25) is 9.59 Å². The fraction of sp³-hybridized carbons (Fsp3) is 0.621. The average Bonchev–Trinajstić information content (AvgIpc) is 3.35. The maximum atomic E-state index is 13.6.